The number of carbonyl (C=O) groups is 1. The van der Waals surface area contributed by atoms with Crippen LogP contribution in [0.3, 0.4) is 0 Å². The first-order valence-electron chi connectivity index (χ1n) is 7.61. The van der Waals surface area contributed by atoms with Crippen molar-refractivity contribution in [3.8, 4) is 0 Å². The van der Waals surface area contributed by atoms with E-state index in [-0.39, 0.29) is 6.03 Å². The highest BCUT2D eigenvalue weighted by Crippen LogP contribution is 2.30. The largest absolute Gasteiger partial charge is 0.338 e. The quantitative estimate of drug-likeness (QED) is 0.812. The summed E-state index contributed by atoms with van der Waals surface area (Å²) in [6.07, 6.45) is 7.83. The second-order valence-electron chi connectivity index (χ2n) is 5.61. The lowest BCUT2D eigenvalue weighted by Gasteiger charge is -2.10. The number of urea groups is 1. The summed E-state index contributed by atoms with van der Waals surface area (Å²) in [7, 11) is 0. The van der Waals surface area contributed by atoms with Crippen LogP contribution in [0.1, 0.15) is 38.2 Å². The van der Waals surface area contributed by atoms with E-state index in [2.05, 4.69) is 39.6 Å². The van der Waals surface area contributed by atoms with Crippen molar-refractivity contribution in [3.05, 3.63) is 46.1 Å². The van der Waals surface area contributed by atoms with E-state index in [9.17, 15) is 4.79 Å². The zero-order valence-corrected chi connectivity index (χ0v) is 14.1. The average Bonchev–Trinajstić information content (AvgIpc) is 3.01. The van der Waals surface area contributed by atoms with Crippen molar-refractivity contribution in [1.82, 2.24) is 10.6 Å². The summed E-state index contributed by atoms with van der Waals surface area (Å²) in [6.45, 7) is 2.74. The Balaban J connectivity index is 1.70. The van der Waals surface area contributed by atoms with Crippen molar-refractivity contribution in [3.63, 3.8) is 0 Å². The van der Waals surface area contributed by atoms with E-state index in [1.807, 2.05) is 24.4 Å². The summed E-state index contributed by atoms with van der Waals surface area (Å²) in [6, 6.07) is 7.95. The van der Waals surface area contributed by atoms with Crippen LogP contribution in [0.4, 0.5) is 4.79 Å². The Labute approximate surface area is 135 Å². The van der Waals surface area contributed by atoms with Crippen LogP contribution in [0.15, 0.2) is 40.5 Å². The summed E-state index contributed by atoms with van der Waals surface area (Å²) < 4.78 is 1.09. The first-order valence-corrected chi connectivity index (χ1v) is 8.40. The van der Waals surface area contributed by atoms with Gasteiger partial charge in [-0.25, -0.2) is 4.79 Å². The molecule has 0 unspecified atom stereocenters. The average molecular weight is 351 g/mol. The lowest BCUT2D eigenvalue weighted by molar-refractivity contribution is 0.244. The predicted molar refractivity (Wildman–Crippen MR) is 90.1 cm³/mol. The number of hydrogen-bond acceptors (Lipinski definition) is 1. The van der Waals surface area contributed by atoms with Crippen LogP contribution in [0.2, 0.25) is 0 Å². The van der Waals surface area contributed by atoms with Gasteiger partial charge in [0, 0.05) is 17.2 Å². The SMILES string of the molecule is C/C(=C\NC(=O)NCCc1ccccc1Br)C1CCCC1. The molecule has 4 heteroatoms. The Morgan fingerprint density at radius 2 is 2.05 bits per heavy atom. The Hall–Kier alpha value is -1.29. The maximum atomic E-state index is 11.8. The molecule has 1 aromatic carbocycles. The molecule has 0 saturated heterocycles. The number of rotatable bonds is 5. The molecule has 2 amide bonds. The first kappa shape index (κ1) is 16.1. The highest BCUT2D eigenvalue weighted by Gasteiger charge is 2.16. The van der Waals surface area contributed by atoms with Gasteiger partial charge in [-0.2, -0.15) is 0 Å². The molecule has 0 bridgehead atoms. The minimum Gasteiger partial charge on any atom is -0.338 e. The Morgan fingerprint density at radius 1 is 1.33 bits per heavy atom. The molecule has 1 aliphatic carbocycles. The summed E-state index contributed by atoms with van der Waals surface area (Å²) >= 11 is 3.51. The predicted octanol–water partition coefficient (Wildman–Crippen LogP) is 4.38. The maximum absolute atomic E-state index is 11.8. The van der Waals surface area contributed by atoms with Gasteiger partial charge in [0.25, 0.3) is 0 Å². The molecule has 1 fully saturated rings. The fourth-order valence-corrected chi connectivity index (χ4v) is 3.22. The van der Waals surface area contributed by atoms with E-state index in [0.29, 0.717) is 12.5 Å². The lowest BCUT2D eigenvalue weighted by atomic mass is 10.0. The molecule has 0 spiro atoms. The van der Waals surface area contributed by atoms with Gasteiger partial charge in [-0.15, -0.1) is 0 Å². The van der Waals surface area contributed by atoms with Gasteiger partial charge in [-0.1, -0.05) is 52.5 Å². The fourth-order valence-electron chi connectivity index (χ4n) is 2.74. The second-order valence-corrected chi connectivity index (χ2v) is 6.47. The van der Waals surface area contributed by atoms with Crippen LogP contribution < -0.4 is 10.6 Å². The summed E-state index contributed by atoms with van der Waals surface area (Å²) in [5.74, 6) is 0.658. The van der Waals surface area contributed by atoms with Crippen LogP contribution in [-0.4, -0.2) is 12.6 Å². The second kappa shape index (κ2) is 8.23. The molecule has 2 rings (SSSR count). The van der Waals surface area contributed by atoms with E-state index in [0.717, 1.165) is 10.9 Å². The number of carbonyl (C=O) groups excluding carboxylic acids is 1. The molecule has 114 valence electrons. The zero-order valence-electron chi connectivity index (χ0n) is 12.5. The van der Waals surface area contributed by atoms with Gasteiger partial charge in [0.2, 0.25) is 0 Å². The molecule has 1 saturated carbocycles. The van der Waals surface area contributed by atoms with Crippen LogP contribution >= 0.6 is 15.9 Å². The number of allylic oxidation sites excluding steroid dienone is 1. The number of hydrogen-bond donors (Lipinski definition) is 2. The third-order valence-corrected chi connectivity index (χ3v) is 4.84. The monoisotopic (exact) mass is 350 g/mol. The Kier molecular flexibility index (Phi) is 6.30. The molecular weight excluding hydrogens is 328 g/mol. The zero-order chi connectivity index (χ0) is 15.1. The van der Waals surface area contributed by atoms with Crippen LogP contribution in [0.25, 0.3) is 0 Å². The van der Waals surface area contributed by atoms with Gasteiger partial charge >= 0.3 is 6.03 Å². The minimum absolute atomic E-state index is 0.126. The molecule has 0 aromatic heterocycles. The Bertz CT molecular complexity index is 507. The molecule has 1 aromatic rings. The molecule has 3 nitrogen and oxygen atoms in total. The van der Waals surface area contributed by atoms with Gasteiger partial charge in [-0.05, 0) is 43.7 Å². The van der Waals surface area contributed by atoms with Gasteiger partial charge in [0.05, 0.1) is 0 Å². The molecule has 1 aliphatic rings. The standard InChI is InChI=1S/C17H23BrN2O/c1-13(14-6-2-3-7-14)12-20-17(21)19-11-10-15-8-4-5-9-16(15)18/h4-5,8-9,12,14H,2-3,6-7,10-11H2,1H3,(H2,19,20,21)/b13-12+. The highest BCUT2D eigenvalue weighted by atomic mass is 79.9. The van der Waals surface area contributed by atoms with Crippen molar-refractivity contribution >= 4 is 22.0 Å². The van der Waals surface area contributed by atoms with Gasteiger partial charge < -0.3 is 10.6 Å². The molecule has 0 atom stereocenters. The highest BCUT2D eigenvalue weighted by molar-refractivity contribution is 9.10. The maximum Gasteiger partial charge on any atom is 0.318 e. The molecule has 0 radical (unpaired) electrons. The Morgan fingerprint density at radius 3 is 2.76 bits per heavy atom. The van der Waals surface area contributed by atoms with Gasteiger partial charge in [0.15, 0.2) is 0 Å². The van der Waals surface area contributed by atoms with E-state index >= 15 is 0 Å². The van der Waals surface area contributed by atoms with Crippen molar-refractivity contribution < 1.29 is 4.79 Å². The molecule has 2 N–H and O–H groups in total. The van der Waals surface area contributed by atoms with Crippen LogP contribution in [-0.2, 0) is 6.42 Å². The molecular formula is C17H23BrN2O. The third kappa shape index (κ3) is 5.20. The summed E-state index contributed by atoms with van der Waals surface area (Å²) in [4.78, 5) is 11.8. The number of halogens is 1. The van der Waals surface area contributed by atoms with E-state index in [1.54, 1.807) is 0 Å². The van der Waals surface area contributed by atoms with Gasteiger partial charge in [-0.3, -0.25) is 0 Å². The number of nitrogens with one attached hydrogen (secondary N) is 2. The van der Waals surface area contributed by atoms with Crippen molar-refractivity contribution in [1.29, 1.82) is 0 Å². The molecule has 0 heterocycles. The fraction of sp³-hybridized carbons (Fsp3) is 0.471. The van der Waals surface area contributed by atoms with Gasteiger partial charge in [0.1, 0.15) is 0 Å². The normalized spacial score (nSPS) is 16.0. The first-order chi connectivity index (χ1) is 10.2. The van der Waals surface area contributed by atoms with Crippen LogP contribution in [0.5, 0.6) is 0 Å². The number of benzene rings is 1. The minimum atomic E-state index is -0.126. The number of amides is 2. The topological polar surface area (TPSA) is 41.1 Å². The van der Waals surface area contributed by atoms with E-state index in [4.69, 9.17) is 0 Å². The van der Waals surface area contributed by atoms with E-state index in [1.165, 1.54) is 36.8 Å². The summed E-state index contributed by atoms with van der Waals surface area (Å²) in [5, 5.41) is 5.73. The van der Waals surface area contributed by atoms with Crippen molar-refractivity contribution in [2.75, 3.05) is 6.54 Å². The van der Waals surface area contributed by atoms with Crippen LogP contribution in [0, 0.1) is 5.92 Å². The van der Waals surface area contributed by atoms with E-state index < -0.39 is 0 Å². The molecule has 21 heavy (non-hydrogen) atoms. The molecule has 0 aliphatic heterocycles. The lowest BCUT2D eigenvalue weighted by Crippen LogP contribution is -2.34. The smallest absolute Gasteiger partial charge is 0.318 e. The van der Waals surface area contributed by atoms with Crippen molar-refractivity contribution in [2.45, 2.75) is 39.0 Å². The third-order valence-electron chi connectivity index (χ3n) is 4.07. The van der Waals surface area contributed by atoms with Crippen molar-refractivity contribution in [2.24, 2.45) is 5.92 Å². The summed E-state index contributed by atoms with van der Waals surface area (Å²) in [5.41, 5.74) is 2.49.